The summed E-state index contributed by atoms with van der Waals surface area (Å²) in [4.78, 5) is 37.4. The van der Waals surface area contributed by atoms with Crippen LogP contribution in [0.4, 0.5) is 4.79 Å². The maximum Gasteiger partial charge on any atom is 0.408 e. The van der Waals surface area contributed by atoms with E-state index >= 15 is 0 Å². The number of esters is 2. The van der Waals surface area contributed by atoms with Gasteiger partial charge in [-0.15, -0.1) is 0 Å². The highest BCUT2D eigenvalue weighted by Gasteiger charge is 2.34. The maximum absolute atomic E-state index is 12.6. The SMILES string of the molecule is CCOC(=O)[C@@H](Cc1ccc(C(C)(C)C(=O)OC(C)(C)C)cc1)NC(=O)OCc1ccccc1. The van der Waals surface area contributed by atoms with Crippen molar-refractivity contribution in [2.24, 2.45) is 0 Å². The molecule has 34 heavy (non-hydrogen) atoms. The number of amides is 1. The van der Waals surface area contributed by atoms with E-state index in [9.17, 15) is 14.4 Å². The molecule has 7 heteroatoms. The Morgan fingerprint density at radius 1 is 0.853 bits per heavy atom. The molecule has 0 saturated heterocycles. The summed E-state index contributed by atoms with van der Waals surface area (Å²) in [5.41, 5.74) is 1.00. The van der Waals surface area contributed by atoms with E-state index in [1.54, 1.807) is 6.92 Å². The summed E-state index contributed by atoms with van der Waals surface area (Å²) >= 11 is 0. The first-order valence-electron chi connectivity index (χ1n) is 11.4. The molecule has 7 nitrogen and oxygen atoms in total. The predicted octanol–water partition coefficient (Wildman–Crippen LogP) is 4.71. The molecule has 184 valence electrons. The Labute approximate surface area is 201 Å². The Morgan fingerprint density at radius 2 is 1.47 bits per heavy atom. The van der Waals surface area contributed by atoms with Crippen LogP contribution >= 0.6 is 0 Å². The molecule has 0 aliphatic heterocycles. The van der Waals surface area contributed by atoms with E-state index in [2.05, 4.69) is 5.32 Å². The molecule has 0 aliphatic rings. The molecule has 1 N–H and O–H groups in total. The standard InChI is InChI=1S/C27H35NO6/c1-7-32-23(29)22(28-25(31)33-18-20-11-9-8-10-12-20)17-19-13-15-21(16-14-19)27(5,6)24(30)34-26(2,3)4/h8-16,22H,7,17-18H2,1-6H3,(H,28,31)/t22-/m1/s1. The minimum absolute atomic E-state index is 0.0939. The zero-order valence-electron chi connectivity index (χ0n) is 20.8. The lowest BCUT2D eigenvalue weighted by molar-refractivity contribution is -0.160. The van der Waals surface area contributed by atoms with Gasteiger partial charge in [0, 0.05) is 6.42 Å². The number of hydrogen-bond donors (Lipinski definition) is 1. The molecule has 0 unspecified atom stereocenters. The van der Waals surface area contributed by atoms with Crippen LogP contribution in [0.1, 0.15) is 58.2 Å². The Bertz CT molecular complexity index is 961. The maximum atomic E-state index is 12.6. The van der Waals surface area contributed by atoms with Crippen molar-refractivity contribution in [2.75, 3.05) is 6.61 Å². The van der Waals surface area contributed by atoms with Crippen molar-refractivity contribution in [3.8, 4) is 0 Å². The minimum Gasteiger partial charge on any atom is -0.464 e. The zero-order valence-corrected chi connectivity index (χ0v) is 20.8. The average Bonchev–Trinajstić information content (AvgIpc) is 2.77. The fourth-order valence-electron chi connectivity index (χ4n) is 3.16. The number of ether oxygens (including phenoxy) is 3. The van der Waals surface area contributed by atoms with Gasteiger partial charge in [0.1, 0.15) is 18.2 Å². The lowest BCUT2D eigenvalue weighted by Crippen LogP contribution is -2.43. The molecule has 0 aromatic heterocycles. The van der Waals surface area contributed by atoms with Crippen LogP contribution < -0.4 is 5.32 Å². The highest BCUT2D eigenvalue weighted by molar-refractivity contribution is 5.83. The molecule has 2 rings (SSSR count). The van der Waals surface area contributed by atoms with E-state index in [0.29, 0.717) is 0 Å². The normalized spacial score (nSPS) is 12.4. The smallest absolute Gasteiger partial charge is 0.408 e. The van der Waals surface area contributed by atoms with Gasteiger partial charge in [0.25, 0.3) is 0 Å². The molecular weight excluding hydrogens is 434 g/mol. The highest BCUT2D eigenvalue weighted by Crippen LogP contribution is 2.27. The Morgan fingerprint density at radius 3 is 2.03 bits per heavy atom. The molecule has 0 fully saturated rings. The van der Waals surface area contributed by atoms with Gasteiger partial charge in [-0.05, 0) is 58.2 Å². The van der Waals surface area contributed by atoms with Crippen LogP contribution in [-0.2, 0) is 42.2 Å². The number of carbonyl (C=O) groups excluding carboxylic acids is 3. The van der Waals surface area contributed by atoms with E-state index in [0.717, 1.165) is 16.7 Å². The molecule has 1 amide bonds. The Kier molecular flexibility index (Phi) is 9.24. The van der Waals surface area contributed by atoms with Gasteiger partial charge in [-0.1, -0.05) is 54.6 Å². The second kappa shape index (κ2) is 11.7. The molecule has 2 aromatic rings. The van der Waals surface area contributed by atoms with Crippen LogP contribution in [0.15, 0.2) is 54.6 Å². The zero-order chi connectivity index (χ0) is 25.4. The topological polar surface area (TPSA) is 90.9 Å². The number of benzene rings is 2. The van der Waals surface area contributed by atoms with Crippen LogP contribution in [-0.4, -0.2) is 36.3 Å². The summed E-state index contributed by atoms with van der Waals surface area (Å²) in [5, 5.41) is 2.60. The first-order valence-corrected chi connectivity index (χ1v) is 11.4. The van der Waals surface area contributed by atoms with Gasteiger partial charge in [-0.2, -0.15) is 0 Å². The molecule has 1 atom stereocenters. The third-order valence-corrected chi connectivity index (χ3v) is 5.10. The minimum atomic E-state index is -0.909. The second-order valence-electron chi connectivity index (χ2n) is 9.54. The lowest BCUT2D eigenvalue weighted by Gasteiger charge is -2.29. The predicted molar refractivity (Wildman–Crippen MR) is 129 cm³/mol. The molecule has 0 radical (unpaired) electrons. The highest BCUT2D eigenvalue weighted by atomic mass is 16.6. The summed E-state index contributed by atoms with van der Waals surface area (Å²) in [6.07, 6.45) is -0.489. The quantitative estimate of drug-likeness (QED) is 0.423. The van der Waals surface area contributed by atoms with Crippen LogP contribution in [0.5, 0.6) is 0 Å². The van der Waals surface area contributed by atoms with Gasteiger partial charge >= 0.3 is 18.0 Å². The number of rotatable bonds is 9. The van der Waals surface area contributed by atoms with Crippen molar-refractivity contribution in [3.05, 3.63) is 71.3 Å². The number of nitrogens with one attached hydrogen (secondary N) is 1. The van der Waals surface area contributed by atoms with Gasteiger partial charge < -0.3 is 19.5 Å². The van der Waals surface area contributed by atoms with Gasteiger partial charge in [0.2, 0.25) is 0 Å². The van der Waals surface area contributed by atoms with Gasteiger partial charge in [-0.3, -0.25) is 4.79 Å². The van der Waals surface area contributed by atoms with Crippen molar-refractivity contribution >= 4 is 18.0 Å². The van der Waals surface area contributed by atoms with E-state index in [4.69, 9.17) is 14.2 Å². The largest absolute Gasteiger partial charge is 0.464 e. The average molecular weight is 470 g/mol. The summed E-state index contributed by atoms with van der Waals surface area (Å²) in [5.74, 6) is -0.864. The first kappa shape index (κ1) is 26.9. The summed E-state index contributed by atoms with van der Waals surface area (Å²) in [6.45, 7) is 11.1. The van der Waals surface area contributed by atoms with Crippen molar-refractivity contribution < 1.29 is 28.6 Å². The fraction of sp³-hybridized carbons (Fsp3) is 0.444. The molecule has 2 aromatic carbocycles. The van der Waals surface area contributed by atoms with Crippen molar-refractivity contribution in [2.45, 2.75) is 71.6 Å². The summed E-state index contributed by atoms with van der Waals surface area (Å²) in [6, 6.07) is 15.7. The van der Waals surface area contributed by atoms with Gasteiger partial charge in [-0.25, -0.2) is 9.59 Å². The lowest BCUT2D eigenvalue weighted by atomic mass is 9.84. The van der Waals surface area contributed by atoms with Crippen molar-refractivity contribution in [1.82, 2.24) is 5.32 Å². The molecular formula is C27H35NO6. The Balaban J connectivity index is 2.07. The third-order valence-electron chi connectivity index (χ3n) is 5.10. The summed E-state index contributed by atoms with van der Waals surface area (Å²) < 4.78 is 15.9. The number of alkyl carbamates (subject to hydrolysis) is 1. The number of carbonyl (C=O) groups is 3. The third kappa shape index (κ3) is 8.21. The van der Waals surface area contributed by atoms with E-state index in [1.807, 2.05) is 89.2 Å². The van der Waals surface area contributed by atoms with Crippen LogP contribution in [0.25, 0.3) is 0 Å². The fourth-order valence-corrected chi connectivity index (χ4v) is 3.16. The second-order valence-corrected chi connectivity index (χ2v) is 9.54. The molecule has 0 spiro atoms. The molecule has 0 heterocycles. The molecule has 0 saturated carbocycles. The van der Waals surface area contributed by atoms with Crippen molar-refractivity contribution in [1.29, 1.82) is 0 Å². The number of hydrogen-bond acceptors (Lipinski definition) is 6. The van der Waals surface area contributed by atoms with Crippen LogP contribution in [0, 0.1) is 0 Å². The van der Waals surface area contributed by atoms with Crippen LogP contribution in [0.3, 0.4) is 0 Å². The van der Waals surface area contributed by atoms with E-state index < -0.39 is 29.1 Å². The van der Waals surface area contributed by atoms with Crippen LogP contribution in [0.2, 0.25) is 0 Å². The Hall–Kier alpha value is -3.35. The first-order chi connectivity index (χ1) is 15.9. The van der Waals surface area contributed by atoms with Crippen molar-refractivity contribution in [3.63, 3.8) is 0 Å². The van der Waals surface area contributed by atoms with E-state index in [-0.39, 0.29) is 25.6 Å². The van der Waals surface area contributed by atoms with Gasteiger partial charge in [0.05, 0.1) is 12.0 Å². The monoisotopic (exact) mass is 469 g/mol. The summed E-state index contributed by atoms with van der Waals surface area (Å²) in [7, 11) is 0. The van der Waals surface area contributed by atoms with Gasteiger partial charge in [0.15, 0.2) is 0 Å². The molecule has 0 bridgehead atoms. The van der Waals surface area contributed by atoms with E-state index in [1.165, 1.54) is 0 Å². The molecule has 0 aliphatic carbocycles.